The van der Waals surface area contributed by atoms with E-state index in [0.29, 0.717) is 12.5 Å². The topological polar surface area (TPSA) is 53.2 Å². The molecule has 0 spiro atoms. The smallest absolute Gasteiger partial charge is 0.221 e. The van der Waals surface area contributed by atoms with Crippen molar-refractivity contribution in [3.05, 3.63) is 35.4 Å². The van der Waals surface area contributed by atoms with Gasteiger partial charge in [-0.2, -0.15) is 0 Å². The highest BCUT2D eigenvalue weighted by Gasteiger charge is 2.21. The Bertz CT molecular complexity index is 419. The quantitative estimate of drug-likeness (QED) is 0.750. The van der Waals surface area contributed by atoms with E-state index in [9.17, 15) is 4.79 Å². The molecule has 4 heteroatoms. The van der Waals surface area contributed by atoms with Crippen LogP contribution in [0.2, 0.25) is 0 Å². The molecule has 2 unspecified atom stereocenters. The molecule has 0 aliphatic carbocycles. The Labute approximate surface area is 108 Å². The minimum absolute atomic E-state index is 0.0602. The Kier molecular flexibility index (Phi) is 4.33. The van der Waals surface area contributed by atoms with E-state index in [2.05, 4.69) is 48.2 Å². The van der Waals surface area contributed by atoms with E-state index in [1.54, 1.807) is 0 Å². The number of hydrogen-bond donors (Lipinski definition) is 3. The van der Waals surface area contributed by atoms with Gasteiger partial charge < -0.3 is 5.32 Å². The molecule has 1 fully saturated rings. The van der Waals surface area contributed by atoms with Crippen molar-refractivity contribution in [2.75, 3.05) is 0 Å². The van der Waals surface area contributed by atoms with Crippen LogP contribution in [0.5, 0.6) is 0 Å². The van der Waals surface area contributed by atoms with Gasteiger partial charge in [-0.3, -0.25) is 10.2 Å². The van der Waals surface area contributed by atoms with Crippen molar-refractivity contribution >= 4 is 5.91 Å². The first-order valence-corrected chi connectivity index (χ1v) is 6.49. The minimum Gasteiger partial charge on any atom is -0.339 e. The van der Waals surface area contributed by atoms with Crippen LogP contribution in [0.1, 0.15) is 30.9 Å². The Morgan fingerprint density at radius 1 is 1.44 bits per heavy atom. The number of carbonyl (C=O) groups is 1. The average molecular weight is 247 g/mol. The number of rotatable bonds is 4. The maximum absolute atomic E-state index is 11.8. The van der Waals surface area contributed by atoms with E-state index in [4.69, 9.17) is 0 Å². The zero-order valence-corrected chi connectivity index (χ0v) is 11.0. The third-order valence-corrected chi connectivity index (χ3v) is 3.15. The van der Waals surface area contributed by atoms with Crippen molar-refractivity contribution in [2.45, 2.75) is 45.3 Å². The number of carbonyl (C=O) groups excluding carboxylic acids is 1. The summed E-state index contributed by atoms with van der Waals surface area (Å²) in [6.45, 7) is 4.16. The van der Waals surface area contributed by atoms with Gasteiger partial charge in [-0.1, -0.05) is 29.8 Å². The van der Waals surface area contributed by atoms with E-state index >= 15 is 0 Å². The summed E-state index contributed by atoms with van der Waals surface area (Å²) in [5.74, 6) is 0.102. The molecule has 2 rings (SSSR count). The molecule has 4 nitrogen and oxygen atoms in total. The molecular weight excluding hydrogens is 226 g/mol. The van der Waals surface area contributed by atoms with Crippen LogP contribution in [0, 0.1) is 6.92 Å². The predicted molar refractivity (Wildman–Crippen MR) is 71.8 cm³/mol. The summed E-state index contributed by atoms with van der Waals surface area (Å²) >= 11 is 0. The molecule has 1 amide bonds. The SMILES string of the molecule is Cc1cccc(CCC(=O)NC2CC(C)NN2)c1. The molecule has 0 radical (unpaired) electrons. The van der Waals surface area contributed by atoms with E-state index in [1.165, 1.54) is 11.1 Å². The third-order valence-electron chi connectivity index (χ3n) is 3.15. The number of hydrazine groups is 1. The first kappa shape index (κ1) is 13.1. The fraction of sp³-hybridized carbons (Fsp3) is 0.500. The van der Waals surface area contributed by atoms with Crippen LogP contribution in [0.15, 0.2) is 24.3 Å². The van der Waals surface area contributed by atoms with Gasteiger partial charge in [0.25, 0.3) is 0 Å². The molecule has 0 bridgehead atoms. The summed E-state index contributed by atoms with van der Waals surface area (Å²) in [6, 6.07) is 8.71. The lowest BCUT2D eigenvalue weighted by Crippen LogP contribution is -2.44. The number of benzene rings is 1. The standard InChI is InChI=1S/C14H21N3O/c1-10-4-3-5-12(8-10)6-7-14(18)15-13-9-11(2)16-17-13/h3-5,8,11,13,16-17H,6-7,9H2,1-2H3,(H,15,18). The lowest BCUT2D eigenvalue weighted by atomic mass is 10.1. The zero-order chi connectivity index (χ0) is 13.0. The van der Waals surface area contributed by atoms with Gasteiger partial charge in [-0.15, -0.1) is 0 Å². The number of aryl methyl sites for hydroxylation is 2. The highest BCUT2D eigenvalue weighted by molar-refractivity contribution is 5.76. The van der Waals surface area contributed by atoms with Crippen molar-refractivity contribution in [1.29, 1.82) is 0 Å². The van der Waals surface area contributed by atoms with E-state index in [-0.39, 0.29) is 12.1 Å². The predicted octanol–water partition coefficient (Wildman–Crippen LogP) is 1.26. The van der Waals surface area contributed by atoms with E-state index in [0.717, 1.165) is 12.8 Å². The molecule has 1 heterocycles. The summed E-state index contributed by atoms with van der Waals surface area (Å²) in [5, 5.41) is 2.98. The van der Waals surface area contributed by atoms with Gasteiger partial charge in [-0.25, -0.2) is 5.43 Å². The average Bonchev–Trinajstić information content (AvgIpc) is 2.72. The molecule has 1 aliphatic rings. The van der Waals surface area contributed by atoms with Gasteiger partial charge >= 0.3 is 0 Å². The Morgan fingerprint density at radius 3 is 2.94 bits per heavy atom. The first-order valence-electron chi connectivity index (χ1n) is 6.49. The van der Waals surface area contributed by atoms with E-state index < -0.39 is 0 Å². The highest BCUT2D eigenvalue weighted by atomic mass is 16.1. The fourth-order valence-electron chi connectivity index (χ4n) is 2.20. The van der Waals surface area contributed by atoms with Crippen molar-refractivity contribution < 1.29 is 4.79 Å². The van der Waals surface area contributed by atoms with Gasteiger partial charge in [0, 0.05) is 12.5 Å². The minimum atomic E-state index is 0.0602. The molecule has 1 aromatic rings. The van der Waals surface area contributed by atoms with Crippen molar-refractivity contribution in [1.82, 2.24) is 16.2 Å². The Morgan fingerprint density at radius 2 is 2.28 bits per heavy atom. The molecule has 1 aliphatic heterocycles. The van der Waals surface area contributed by atoms with Crippen molar-refractivity contribution in [3.63, 3.8) is 0 Å². The summed E-state index contributed by atoms with van der Waals surface area (Å²) in [7, 11) is 0. The molecule has 2 atom stereocenters. The second kappa shape index (κ2) is 5.98. The molecule has 1 saturated heterocycles. The van der Waals surface area contributed by atoms with Crippen molar-refractivity contribution in [3.8, 4) is 0 Å². The third kappa shape index (κ3) is 3.82. The van der Waals surface area contributed by atoms with Crippen molar-refractivity contribution in [2.24, 2.45) is 0 Å². The van der Waals surface area contributed by atoms with Gasteiger partial charge in [0.2, 0.25) is 5.91 Å². The van der Waals surface area contributed by atoms with Crippen LogP contribution >= 0.6 is 0 Å². The second-order valence-electron chi connectivity index (χ2n) is 5.03. The zero-order valence-electron chi connectivity index (χ0n) is 11.0. The van der Waals surface area contributed by atoms with E-state index in [1.807, 2.05) is 6.07 Å². The van der Waals surface area contributed by atoms with Crippen LogP contribution < -0.4 is 16.2 Å². The molecule has 0 saturated carbocycles. The maximum Gasteiger partial charge on any atom is 0.221 e. The van der Waals surface area contributed by atoms with Gasteiger partial charge in [-0.05, 0) is 32.3 Å². The van der Waals surface area contributed by atoms with Crippen LogP contribution in [0.4, 0.5) is 0 Å². The van der Waals surface area contributed by atoms with Gasteiger partial charge in [0.05, 0.1) is 6.17 Å². The van der Waals surface area contributed by atoms with Gasteiger partial charge in [0.15, 0.2) is 0 Å². The van der Waals surface area contributed by atoms with Crippen LogP contribution in [0.3, 0.4) is 0 Å². The summed E-state index contributed by atoms with van der Waals surface area (Å²) in [4.78, 5) is 11.8. The van der Waals surface area contributed by atoms with Crippen LogP contribution in [0.25, 0.3) is 0 Å². The summed E-state index contributed by atoms with van der Waals surface area (Å²) < 4.78 is 0. The second-order valence-corrected chi connectivity index (χ2v) is 5.03. The number of nitrogens with one attached hydrogen (secondary N) is 3. The maximum atomic E-state index is 11.8. The van der Waals surface area contributed by atoms with Crippen LogP contribution in [-0.4, -0.2) is 18.1 Å². The largest absolute Gasteiger partial charge is 0.339 e. The molecule has 1 aromatic carbocycles. The first-order chi connectivity index (χ1) is 8.63. The Hall–Kier alpha value is -1.39. The lowest BCUT2D eigenvalue weighted by molar-refractivity contribution is -0.121. The molecule has 98 valence electrons. The summed E-state index contributed by atoms with van der Waals surface area (Å²) in [5.41, 5.74) is 8.61. The molecule has 3 N–H and O–H groups in total. The molecule has 0 aromatic heterocycles. The highest BCUT2D eigenvalue weighted by Crippen LogP contribution is 2.07. The number of amides is 1. The van der Waals surface area contributed by atoms with Crippen LogP contribution in [-0.2, 0) is 11.2 Å². The summed E-state index contributed by atoms with van der Waals surface area (Å²) in [6.07, 6.45) is 2.32. The normalized spacial score (nSPS) is 23.0. The number of hydrogen-bond acceptors (Lipinski definition) is 3. The molecule has 18 heavy (non-hydrogen) atoms. The fourth-order valence-corrected chi connectivity index (χ4v) is 2.20. The monoisotopic (exact) mass is 247 g/mol. The molecular formula is C14H21N3O. The van der Waals surface area contributed by atoms with Gasteiger partial charge in [0.1, 0.15) is 0 Å². The lowest BCUT2D eigenvalue weighted by Gasteiger charge is -2.12. The Balaban J connectivity index is 1.75.